The molecule has 4 heteroatoms. The van der Waals surface area contributed by atoms with Gasteiger partial charge in [0.15, 0.2) is 0 Å². The van der Waals surface area contributed by atoms with E-state index in [0.717, 1.165) is 0 Å². The Labute approximate surface area is 93.9 Å². The molecule has 0 aliphatic heterocycles. The molecule has 0 heterocycles. The summed E-state index contributed by atoms with van der Waals surface area (Å²) >= 11 is 5.64. The van der Waals surface area contributed by atoms with Gasteiger partial charge in [0, 0.05) is 28.6 Å². The van der Waals surface area contributed by atoms with Crippen molar-refractivity contribution in [1.82, 2.24) is 0 Å². The molecule has 0 radical (unpaired) electrons. The fourth-order valence-corrected chi connectivity index (χ4v) is 1.43. The molecular weight excluding hydrogens is 217 g/mol. The second-order valence-electron chi connectivity index (χ2n) is 4.29. The van der Waals surface area contributed by atoms with E-state index in [1.54, 1.807) is 26.0 Å². The largest absolute Gasteiger partial charge is 0.396 e. The number of nitrogens with two attached hydrogens (primary N) is 1. The van der Waals surface area contributed by atoms with Gasteiger partial charge in [0.25, 0.3) is 0 Å². The van der Waals surface area contributed by atoms with Crippen molar-refractivity contribution >= 4 is 11.6 Å². The van der Waals surface area contributed by atoms with E-state index >= 15 is 0 Å². The van der Waals surface area contributed by atoms with E-state index in [-0.39, 0.29) is 6.61 Å². The molecule has 1 rings (SSSR count). The van der Waals surface area contributed by atoms with E-state index in [2.05, 4.69) is 0 Å². The second kappa shape index (κ2) is 4.47. The van der Waals surface area contributed by atoms with Gasteiger partial charge in [-0.3, -0.25) is 0 Å². The number of benzene rings is 1. The minimum atomic E-state index is -0.561. The van der Waals surface area contributed by atoms with Gasteiger partial charge in [0.1, 0.15) is 5.82 Å². The Morgan fingerprint density at radius 1 is 1.53 bits per heavy atom. The summed E-state index contributed by atoms with van der Waals surface area (Å²) in [4.78, 5) is 0. The van der Waals surface area contributed by atoms with Crippen molar-refractivity contribution in [1.29, 1.82) is 0 Å². The first-order valence-corrected chi connectivity index (χ1v) is 5.07. The van der Waals surface area contributed by atoms with E-state index in [0.29, 0.717) is 10.6 Å². The summed E-state index contributed by atoms with van der Waals surface area (Å²) in [7, 11) is 0. The van der Waals surface area contributed by atoms with Crippen molar-refractivity contribution in [2.75, 3.05) is 6.61 Å². The molecule has 0 fully saturated rings. The van der Waals surface area contributed by atoms with Crippen molar-refractivity contribution < 1.29 is 9.50 Å². The number of aliphatic hydroxyl groups excluding tert-OH is 1. The summed E-state index contributed by atoms with van der Waals surface area (Å²) in [5, 5.41) is 9.48. The predicted molar refractivity (Wildman–Crippen MR) is 59.2 cm³/mol. The fourth-order valence-electron chi connectivity index (χ4n) is 1.27. The molecule has 84 valence electrons. The summed E-state index contributed by atoms with van der Waals surface area (Å²) < 4.78 is 13.5. The van der Waals surface area contributed by atoms with Crippen molar-refractivity contribution in [3.63, 3.8) is 0 Å². The third-order valence-electron chi connectivity index (χ3n) is 2.55. The van der Waals surface area contributed by atoms with Gasteiger partial charge in [-0.2, -0.15) is 0 Å². The Kier molecular flexibility index (Phi) is 3.71. The molecule has 0 saturated heterocycles. The maximum Gasteiger partial charge on any atom is 0.129 e. The van der Waals surface area contributed by atoms with Crippen LogP contribution >= 0.6 is 11.6 Å². The van der Waals surface area contributed by atoms with Gasteiger partial charge in [-0.25, -0.2) is 4.39 Å². The minimum absolute atomic E-state index is 0.101. The van der Waals surface area contributed by atoms with Gasteiger partial charge in [-0.05, 0) is 12.1 Å². The summed E-state index contributed by atoms with van der Waals surface area (Å²) in [5.74, 6) is -0.434. The number of aliphatic hydroxyl groups is 1. The fraction of sp³-hybridized carbons (Fsp3) is 0.455. The zero-order valence-electron chi connectivity index (χ0n) is 8.80. The zero-order valence-corrected chi connectivity index (χ0v) is 9.55. The maximum atomic E-state index is 13.5. The zero-order chi connectivity index (χ0) is 11.6. The van der Waals surface area contributed by atoms with E-state index in [1.807, 2.05) is 0 Å². The third-order valence-corrected chi connectivity index (χ3v) is 2.78. The average molecular weight is 232 g/mol. The number of hydrogen-bond donors (Lipinski definition) is 2. The van der Waals surface area contributed by atoms with Gasteiger partial charge < -0.3 is 10.8 Å². The SMILES string of the molecule is CC(C)(CO)[C@H](N)c1ccc(Cl)cc1F. The molecule has 0 aromatic heterocycles. The van der Waals surface area contributed by atoms with Crippen LogP contribution in [0.2, 0.25) is 5.02 Å². The molecule has 0 bridgehead atoms. The number of halogens is 2. The molecule has 0 aliphatic carbocycles. The van der Waals surface area contributed by atoms with Crippen LogP contribution in [0.25, 0.3) is 0 Å². The molecule has 0 aliphatic rings. The Morgan fingerprint density at radius 2 is 2.13 bits per heavy atom. The summed E-state index contributed by atoms with van der Waals surface area (Å²) in [6.45, 7) is 3.47. The highest BCUT2D eigenvalue weighted by Crippen LogP contribution is 2.32. The molecule has 1 aromatic rings. The highest BCUT2D eigenvalue weighted by molar-refractivity contribution is 6.30. The molecule has 1 aromatic carbocycles. The monoisotopic (exact) mass is 231 g/mol. The maximum absolute atomic E-state index is 13.5. The van der Waals surface area contributed by atoms with Gasteiger partial charge in [-0.1, -0.05) is 31.5 Å². The van der Waals surface area contributed by atoms with Crippen LogP contribution in [0.1, 0.15) is 25.5 Å². The second-order valence-corrected chi connectivity index (χ2v) is 4.73. The van der Waals surface area contributed by atoms with Gasteiger partial charge in [0.2, 0.25) is 0 Å². The molecule has 0 saturated carbocycles. The molecule has 0 amide bonds. The molecular formula is C11H15ClFNO. The van der Waals surface area contributed by atoms with Crippen LogP contribution in [-0.2, 0) is 0 Å². The topological polar surface area (TPSA) is 46.2 Å². The molecule has 1 atom stereocenters. The standard InChI is InChI=1S/C11H15ClFNO/c1-11(2,6-15)10(14)8-4-3-7(12)5-9(8)13/h3-5,10,15H,6,14H2,1-2H3/t10-/m1/s1. The smallest absolute Gasteiger partial charge is 0.129 e. The molecule has 15 heavy (non-hydrogen) atoms. The number of hydrogen-bond acceptors (Lipinski definition) is 2. The highest BCUT2D eigenvalue weighted by atomic mass is 35.5. The highest BCUT2D eigenvalue weighted by Gasteiger charge is 2.28. The summed E-state index contributed by atoms with van der Waals surface area (Å²) in [6.07, 6.45) is 0. The van der Waals surface area contributed by atoms with Crippen molar-refractivity contribution in [2.45, 2.75) is 19.9 Å². The van der Waals surface area contributed by atoms with E-state index in [1.165, 1.54) is 6.07 Å². The Hall–Kier alpha value is -0.640. The minimum Gasteiger partial charge on any atom is -0.396 e. The van der Waals surface area contributed by atoms with Crippen molar-refractivity contribution in [2.24, 2.45) is 11.1 Å². The lowest BCUT2D eigenvalue weighted by atomic mass is 9.81. The lowest BCUT2D eigenvalue weighted by Crippen LogP contribution is -2.33. The summed E-state index contributed by atoms with van der Waals surface area (Å²) in [5.41, 5.74) is 5.70. The van der Waals surface area contributed by atoms with Crippen LogP contribution in [0.4, 0.5) is 4.39 Å². The molecule has 3 N–H and O–H groups in total. The van der Waals surface area contributed by atoms with Crippen molar-refractivity contribution in [3.05, 3.63) is 34.6 Å². The lowest BCUT2D eigenvalue weighted by molar-refractivity contribution is 0.131. The Morgan fingerprint density at radius 3 is 2.60 bits per heavy atom. The molecule has 0 spiro atoms. The van der Waals surface area contributed by atoms with Gasteiger partial charge in [0.05, 0.1) is 0 Å². The average Bonchev–Trinajstić information content (AvgIpc) is 2.17. The van der Waals surface area contributed by atoms with Crippen LogP contribution in [0, 0.1) is 11.2 Å². The van der Waals surface area contributed by atoms with Gasteiger partial charge in [-0.15, -0.1) is 0 Å². The predicted octanol–water partition coefficient (Wildman–Crippen LogP) is 2.50. The normalized spacial score (nSPS) is 14.0. The number of rotatable bonds is 3. The van der Waals surface area contributed by atoms with Crippen LogP contribution in [0.3, 0.4) is 0 Å². The quantitative estimate of drug-likeness (QED) is 0.840. The van der Waals surface area contributed by atoms with Gasteiger partial charge >= 0.3 is 0 Å². The van der Waals surface area contributed by atoms with Crippen LogP contribution in [0.5, 0.6) is 0 Å². The van der Waals surface area contributed by atoms with E-state index in [4.69, 9.17) is 22.4 Å². The first-order valence-electron chi connectivity index (χ1n) is 4.70. The third kappa shape index (κ3) is 2.68. The first kappa shape index (κ1) is 12.4. The van der Waals surface area contributed by atoms with Crippen LogP contribution in [-0.4, -0.2) is 11.7 Å². The van der Waals surface area contributed by atoms with E-state index < -0.39 is 17.3 Å². The van der Waals surface area contributed by atoms with E-state index in [9.17, 15) is 4.39 Å². The van der Waals surface area contributed by atoms with Crippen molar-refractivity contribution in [3.8, 4) is 0 Å². The van der Waals surface area contributed by atoms with Crippen LogP contribution in [0.15, 0.2) is 18.2 Å². The lowest BCUT2D eigenvalue weighted by Gasteiger charge is -2.29. The molecule has 2 nitrogen and oxygen atoms in total. The first-order chi connectivity index (χ1) is 6.88. The molecule has 0 unspecified atom stereocenters. The Balaban J connectivity index is 3.06. The van der Waals surface area contributed by atoms with Crippen LogP contribution < -0.4 is 5.73 Å². The summed E-state index contributed by atoms with van der Waals surface area (Å²) in [6, 6.07) is 3.82. The Bertz CT molecular complexity index is 354.